The van der Waals surface area contributed by atoms with Crippen molar-refractivity contribution in [2.24, 2.45) is 0 Å². The fraction of sp³-hybridized carbons (Fsp3) is 0.222. The molecule has 1 rings (SSSR count). The summed E-state index contributed by atoms with van der Waals surface area (Å²) in [6.45, 7) is -0.167. The second-order valence-electron chi connectivity index (χ2n) is 2.70. The van der Waals surface area contributed by atoms with Crippen LogP contribution < -0.4 is 5.32 Å². The summed E-state index contributed by atoms with van der Waals surface area (Å²) in [5.41, 5.74) is -0.572. The highest BCUT2D eigenvalue weighted by atomic mass is 19.2. The van der Waals surface area contributed by atoms with Gasteiger partial charge in [0.1, 0.15) is 5.82 Å². The number of hydrogen-bond acceptors (Lipinski definition) is 2. The van der Waals surface area contributed by atoms with Crippen molar-refractivity contribution in [3.05, 3.63) is 35.1 Å². The molecule has 0 fully saturated rings. The summed E-state index contributed by atoms with van der Waals surface area (Å²) in [4.78, 5) is 11.1. The SMILES string of the molecule is CNCC(=O)c1cc(F)cc(F)c1F. The van der Waals surface area contributed by atoms with E-state index in [9.17, 15) is 18.0 Å². The van der Waals surface area contributed by atoms with Crippen molar-refractivity contribution in [2.75, 3.05) is 13.6 Å². The summed E-state index contributed by atoms with van der Waals surface area (Å²) >= 11 is 0. The molecular weight excluding hydrogens is 195 g/mol. The van der Waals surface area contributed by atoms with Crippen molar-refractivity contribution in [1.29, 1.82) is 0 Å². The van der Waals surface area contributed by atoms with E-state index in [1.807, 2.05) is 0 Å². The molecule has 0 heterocycles. The van der Waals surface area contributed by atoms with E-state index in [0.717, 1.165) is 0 Å². The summed E-state index contributed by atoms with van der Waals surface area (Å²) in [6.07, 6.45) is 0. The Labute approximate surface area is 78.7 Å². The Kier molecular flexibility index (Phi) is 3.24. The number of nitrogens with one attached hydrogen (secondary N) is 1. The summed E-state index contributed by atoms with van der Waals surface area (Å²) in [5, 5.41) is 2.47. The van der Waals surface area contributed by atoms with Gasteiger partial charge in [-0.3, -0.25) is 4.79 Å². The summed E-state index contributed by atoms with van der Waals surface area (Å²) in [6, 6.07) is 1.07. The Hall–Kier alpha value is -1.36. The molecule has 0 radical (unpaired) electrons. The van der Waals surface area contributed by atoms with E-state index in [1.54, 1.807) is 0 Å². The van der Waals surface area contributed by atoms with Crippen LogP contribution in [0.3, 0.4) is 0 Å². The predicted octanol–water partition coefficient (Wildman–Crippen LogP) is 1.51. The first-order valence-electron chi connectivity index (χ1n) is 3.88. The minimum absolute atomic E-state index is 0.167. The molecule has 0 unspecified atom stereocenters. The third-order valence-corrected chi connectivity index (χ3v) is 1.63. The van der Waals surface area contributed by atoms with E-state index in [4.69, 9.17) is 0 Å². The van der Waals surface area contributed by atoms with Gasteiger partial charge in [-0.25, -0.2) is 13.2 Å². The molecule has 1 aromatic carbocycles. The van der Waals surface area contributed by atoms with E-state index in [-0.39, 0.29) is 6.54 Å². The number of Topliss-reactive ketones (excluding diaryl/α,β-unsaturated/α-hetero) is 1. The van der Waals surface area contributed by atoms with Gasteiger partial charge >= 0.3 is 0 Å². The zero-order valence-electron chi connectivity index (χ0n) is 7.40. The Morgan fingerprint density at radius 3 is 2.57 bits per heavy atom. The van der Waals surface area contributed by atoms with Crippen LogP contribution in [0.5, 0.6) is 0 Å². The van der Waals surface area contributed by atoms with Gasteiger partial charge in [-0.05, 0) is 13.1 Å². The third kappa shape index (κ3) is 2.11. The molecule has 0 saturated heterocycles. The van der Waals surface area contributed by atoms with Crippen LogP contribution in [0.15, 0.2) is 12.1 Å². The van der Waals surface area contributed by atoms with Crippen LogP contribution in [0, 0.1) is 17.5 Å². The van der Waals surface area contributed by atoms with Crippen LogP contribution in [-0.4, -0.2) is 19.4 Å². The zero-order chi connectivity index (χ0) is 10.7. The van der Waals surface area contributed by atoms with Crippen LogP contribution in [0.25, 0.3) is 0 Å². The highest BCUT2D eigenvalue weighted by molar-refractivity contribution is 5.97. The standard InChI is InChI=1S/C9H8F3NO/c1-13-4-8(14)6-2-5(10)3-7(11)9(6)12/h2-3,13H,4H2,1H3. The number of halogens is 3. The van der Waals surface area contributed by atoms with Gasteiger partial charge in [-0.1, -0.05) is 0 Å². The Morgan fingerprint density at radius 2 is 2.00 bits per heavy atom. The third-order valence-electron chi connectivity index (χ3n) is 1.63. The molecule has 0 aromatic heterocycles. The Morgan fingerprint density at radius 1 is 1.36 bits per heavy atom. The van der Waals surface area contributed by atoms with Crippen molar-refractivity contribution in [2.45, 2.75) is 0 Å². The van der Waals surface area contributed by atoms with Gasteiger partial charge < -0.3 is 5.32 Å². The highest BCUT2D eigenvalue weighted by Gasteiger charge is 2.16. The molecular formula is C9H8F3NO. The van der Waals surface area contributed by atoms with Gasteiger partial charge in [0.25, 0.3) is 0 Å². The zero-order valence-corrected chi connectivity index (χ0v) is 7.40. The minimum atomic E-state index is -1.36. The first kappa shape index (κ1) is 10.7. The van der Waals surface area contributed by atoms with Gasteiger partial charge in [0.15, 0.2) is 17.4 Å². The average molecular weight is 203 g/mol. The van der Waals surface area contributed by atoms with Gasteiger partial charge in [-0.2, -0.15) is 0 Å². The first-order valence-corrected chi connectivity index (χ1v) is 3.88. The summed E-state index contributed by atoms with van der Waals surface area (Å²) < 4.78 is 38.2. The minimum Gasteiger partial charge on any atom is -0.313 e. The molecule has 0 saturated carbocycles. The van der Waals surface area contributed by atoms with Gasteiger partial charge in [0.05, 0.1) is 12.1 Å². The van der Waals surface area contributed by atoms with Gasteiger partial charge in [0, 0.05) is 6.07 Å². The summed E-state index contributed by atoms with van der Waals surface area (Å²) in [7, 11) is 1.48. The maximum atomic E-state index is 13.0. The number of hydrogen-bond donors (Lipinski definition) is 1. The second kappa shape index (κ2) is 4.23. The van der Waals surface area contributed by atoms with Crippen molar-refractivity contribution in [1.82, 2.24) is 5.32 Å². The number of benzene rings is 1. The average Bonchev–Trinajstić information content (AvgIpc) is 2.11. The predicted molar refractivity (Wildman–Crippen MR) is 44.6 cm³/mol. The molecule has 0 aliphatic rings. The van der Waals surface area contributed by atoms with Crippen LogP contribution in [0.2, 0.25) is 0 Å². The van der Waals surface area contributed by atoms with E-state index in [0.29, 0.717) is 12.1 Å². The van der Waals surface area contributed by atoms with E-state index < -0.39 is 28.8 Å². The number of likely N-dealkylation sites (N-methyl/N-ethyl adjacent to an activating group) is 1. The molecule has 0 aliphatic heterocycles. The van der Waals surface area contributed by atoms with Crippen molar-refractivity contribution >= 4 is 5.78 Å². The molecule has 76 valence electrons. The number of carbonyl (C=O) groups is 1. The largest absolute Gasteiger partial charge is 0.313 e. The maximum Gasteiger partial charge on any atom is 0.179 e. The Bertz CT molecular complexity index is 365. The lowest BCUT2D eigenvalue weighted by atomic mass is 10.1. The number of carbonyl (C=O) groups excluding carboxylic acids is 1. The van der Waals surface area contributed by atoms with Crippen molar-refractivity contribution in [3.8, 4) is 0 Å². The monoisotopic (exact) mass is 203 g/mol. The van der Waals surface area contributed by atoms with Crippen molar-refractivity contribution in [3.63, 3.8) is 0 Å². The molecule has 0 bridgehead atoms. The lowest BCUT2D eigenvalue weighted by molar-refractivity contribution is 0.0988. The maximum absolute atomic E-state index is 13.0. The van der Waals surface area contributed by atoms with E-state index >= 15 is 0 Å². The first-order chi connectivity index (χ1) is 6.56. The van der Waals surface area contributed by atoms with Gasteiger partial charge in [-0.15, -0.1) is 0 Å². The molecule has 1 aromatic rings. The summed E-state index contributed by atoms with van der Waals surface area (Å²) in [5.74, 6) is -4.33. The van der Waals surface area contributed by atoms with E-state index in [2.05, 4.69) is 5.32 Å². The molecule has 1 N–H and O–H groups in total. The molecule has 0 amide bonds. The van der Waals surface area contributed by atoms with Crippen LogP contribution >= 0.6 is 0 Å². The molecule has 0 spiro atoms. The van der Waals surface area contributed by atoms with Crippen LogP contribution in [0.4, 0.5) is 13.2 Å². The molecule has 14 heavy (non-hydrogen) atoms. The second-order valence-corrected chi connectivity index (χ2v) is 2.70. The molecule has 0 aliphatic carbocycles. The number of ketones is 1. The molecule has 0 atom stereocenters. The fourth-order valence-corrected chi connectivity index (χ4v) is 1.01. The van der Waals surface area contributed by atoms with Crippen LogP contribution in [0.1, 0.15) is 10.4 Å². The van der Waals surface area contributed by atoms with Crippen LogP contribution in [-0.2, 0) is 0 Å². The normalized spacial score (nSPS) is 10.3. The Balaban J connectivity index is 3.13. The lowest BCUT2D eigenvalue weighted by Gasteiger charge is -2.02. The fourth-order valence-electron chi connectivity index (χ4n) is 1.01. The quantitative estimate of drug-likeness (QED) is 0.596. The lowest BCUT2D eigenvalue weighted by Crippen LogP contribution is -2.20. The molecule has 5 heteroatoms. The topological polar surface area (TPSA) is 29.1 Å². The van der Waals surface area contributed by atoms with Gasteiger partial charge in [0.2, 0.25) is 0 Å². The smallest absolute Gasteiger partial charge is 0.179 e. The highest BCUT2D eigenvalue weighted by Crippen LogP contribution is 2.14. The van der Waals surface area contributed by atoms with Crippen molar-refractivity contribution < 1.29 is 18.0 Å². The molecule has 2 nitrogen and oxygen atoms in total. The van der Waals surface area contributed by atoms with E-state index in [1.165, 1.54) is 7.05 Å². The number of rotatable bonds is 3.